The molecule has 3 aromatic rings. The van der Waals surface area contributed by atoms with Gasteiger partial charge in [-0.1, -0.05) is 23.5 Å². The molecule has 4 fully saturated rings. The van der Waals surface area contributed by atoms with Crippen LogP contribution in [0.4, 0.5) is 22.5 Å². The molecule has 0 radical (unpaired) electrons. The van der Waals surface area contributed by atoms with Gasteiger partial charge in [-0.15, -0.1) is 0 Å². The summed E-state index contributed by atoms with van der Waals surface area (Å²) in [5.74, 6) is 1.92. The number of anilines is 4. The normalized spacial score (nSPS) is 20.9. The quantitative estimate of drug-likeness (QED) is 0.164. The van der Waals surface area contributed by atoms with Crippen molar-refractivity contribution in [1.82, 2.24) is 30.1 Å². The zero-order valence-electron chi connectivity index (χ0n) is 30.0. The number of hydrogen-bond acceptors (Lipinski definition) is 12. The van der Waals surface area contributed by atoms with E-state index in [0.717, 1.165) is 115 Å². The number of hydrogen-bond donors (Lipinski definition) is 2. The van der Waals surface area contributed by atoms with Gasteiger partial charge in [0.1, 0.15) is 17.5 Å². The van der Waals surface area contributed by atoms with Gasteiger partial charge in [-0.2, -0.15) is 0 Å². The van der Waals surface area contributed by atoms with E-state index in [-0.39, 0.29) is 17.7 Å². The second-order valence-corrected chi connectivity index (χ2v) is 15.8. The van der Waals surface area contributed by atoms with Crippen LogP contribution in [0.25, 0.3) is 0 Å². The van der Waals surface area contributed by atoms with E-state index in [2.05, 4.69) is 57.3 Å². The van der Waals surface area contributed by atoms with Crippen LogP contribution in [0, 0.1) is 12.3 Å². The number of carbonyl (C=O) groups excluding carboxylic acids is 4. The van der Waals surface area contributed by atoms with Crippen LogP contribution in [0.2, 0.25) is 0 Å². The summed E-state index contributed by atoms with van der Waals surface area (Å²) in [5.41, 5.74) is 2.49. The number of piperazine rings is 1. The topological polar surface area (TPSA) is 144 Å². The number of nitrogens with zero attached hydrogens (tertiary/aromatic N) is 7. The van der Waals surface area contributed by atoms with E-state index in [1.165, 1.54) is 17.0 Å². The fourth-order valence-corrected chi connectivity index (χ4v) is 8.79. The summed E-state index contributed by atoms with van der Waals surface area (Å²) in [5, 5.41) is 6.29. The molecule has 6 heterocycles. The summed E-state index contributed by atoms with van der Waals surface area (Å²) in [6, 6.07) is 10.3. The number of amides is 3. The molecule has 3 amide bonds. The van der Waals surface area contributed by atoms with Gasteiger partial charge in [0.2, 0.25) is 17.7 Å². The van der Waals surface area contributed by atoms with Crippen LogP contribution in [-0.4, -0.2) is 108 Å². The molecule has 276 valence electrons. The molecule has 1 aromatic carbocycles. The number of aldehydes is 1. The maximum atomic E-state index is 13.1. The number of nitrogens with one attached hydrogen (secondary N) is 2. The Kier molecular flexibility index (Phi) is 11.1. The summed E-state index contributed by atoms with van der Waals surface area (Å²) in [4.78, 5) is 71.2. The minimum atomic E-state index is -0.248. The predicted octanol–water partition coefficient (Wildman–Crippen LogP) is 4.52. The molecule has 1 spiro atoms. The Morgan fingerprint density at radius 2 is 1.69 bits per heavy atom. The second kappa shape index (κ2) is 16.1. The average molecular weight is 728 g/mol. The molecule has 7 rings (SSSR count). The van der Waals surface area contributed by atoms with Gasteiger partial charge in [0.05, 0.1) is 17.0 Å². The number of unbranched alkanes of at least 4 members (excludes halogenated alkanes) is 1. The van der Waals surface area contributed by atoms with Crippen LogP contribution in [0.5, 0.6) is 0 Å². The largest absolute Gasteiger partial charge is 0.371 e. The second-order valence-electron chi connectivity index (χ2n) is 14.7. The maximum Gasteiger partial charge on any atom is 0.234 e. The zero-order chi connectivity index (χ0) is 36.1. The molecule has 52 heavy (non-hydrogen) atoms. The Morgan fingerprint density at radius 3 is 2.38 bits per heavy atom. The van der Waals surface area contributed by atoms with Gasteiger partial charge in [0, 0.05) is 77.0 Å². The molecule has 4 aliphatic rings. The summed E-state index contributed by atoms with van der Waals surface area (Å²) < 4.78 is 0. The minimum absolute atomic E-state index is 0.182. The third-order valence-corrected chi connectivity index (χ3v) is 12.2. The Morgan fingerprint density at radius 1 is 0.962 bits per heavy atom. The molecule has 2 N–H and O–H groups in total. The third-order valence-electron chi connectivity index (χ3n) is 11.4. The summed E-state index contributed by atoms with van der Waals surface area (Å²) in [6.07, 6.45) is 10.3. The van der Waals surface area contributed by atoms with Crippen molar-refractivity contribution in [1.29, 1.82) is 0 Å². The smallest absolute Gasteiger partial charge is 0.234 e. The number of carbonyl (C=O) groups is 4. The Balaban J connectivity index is 0.783. The van der Waals surface area contributed by atoms with Crippen molar-refractivity contribution in [2.75, 3.05) is 74.0 Å². The van der Waals surface area contributed by atoms with Crippen LogP contribution in [0.3, 0.4) is 0 Å². The van der Waals surface area contributed by atoms with Crippen LogP contribution < -0.4 is 20.4 Å². The molecule has 4 saturated heterocycles. The Bertz CT molecular complexity index is 1740. The monoisotopic (exact) mass is 727 g/mol. The molecule has 1 atom stereocenters. The molecule has 0 aliphatic carbocycles. The molecule has 13 nitrogen and oxygen atoms in total. The first-order valence-corrected chi connectivity index (χ1v) is 19.5. The lowest BCUT2D eigenvalue weighted by molar-refractivity contribution is -0.135. The van der Waals surface area contributed by atoms with Crippen LogP contribution in [0.15, 0.2) is 36.5 Å². The summed E-state index contributed by atoms with van der Waals surface area (Å²) >= 11 is 1.29. The fourth-order valence-electron chi connectivity index (χ4n) is 8.16. The maximum absolute atomic E-state index is 13.1. The lowest BCUT2D eigenvalue weighted by atomic mass is 9.71. The SMILES string of the molecule is Cc1nc(Nc2ncc(C=O)s2)cc(N2CCN(CCCCC(=O)N3CCC4(CC3)CCN(c3ccc(C5CCC(=O)NC5=O)cc3)CC4)CC2)n1. The molecule has 14 heteroatoms. The van der Waals surface area contributed by atoms with Crippen molar-refractivity contribution in [2.24, 2.45) is 5.41 Å². The Labute approximate surface area is 309 Å². The number of piperidine rings is 3. The van der Waals surface area contributed by atoms with E-state index in [4.69, 9.17) is 0 Å². The van der Waals surface area contributed by atoms with E-state index < -0.39 is 0 Å². The molecular weight excluding hydrogens is 679 g/mol. The van der Waals surface area contributed by atoms with Crippen LogP contribution in [-0.2, 0) is 14.4 Å². The molecule has 0 bridgehead atoms. The predicted molar refractivity (Wildman–Crippen MR) is 201 cm³/mol. The first-order valence-electron chi connectivity index (χ1n) is 18.7. The van der Waals surface area contributed by atoms with E-state index in [1.54, 1.807) is 6.20 Å². The number of aromatic nitrogens is 3. The van der Waals surface area contributed by atoms with Gasteiger partial charge >= 0.3 is 0 Å². The van der Waals surface area contributed by atoms with Gasteiger partial charge in [-0.25, -0.2) is 15.0 Å². The molecule has 2 aromatic heterocycles. The highest BCUT2D eigenvalue weighted by Gasteiger charge is 2.38. The highest BCUT2D eigenvalue weighted by molar-refractivity contribution is 7.17. The lowest BCUT2D eigenvalue weighted by Gasteiger charge is -2.47. The number of thiazole rings is 1. The van der Waals surface area contributed by atoms with Crippen molar-refractivity contribution >= 4 is 57.8 Å². The van der Waals surface area contributed by atoms with E-state index in [9.17, 15) is 19.2 Å². The number of aryl methyl sites for hydroxylation is 1. The van der Waals surface area contributed by atoms with Gasteiger partial charge in [-0.3, -0.25) is 29.4 Å². The first kappa shape index (κ1) is 36.0. The molecule has 0 saturated carbocycles. The van der Waals surface area contributed by atoms with Gasteiger partial charge in [0.15, 0.2) is 11.4 Å². The van der Waals surface area contributed by atoms with Crippen molar-refractivity contribution in [3.05, 3.63) is 52.8 Å². The highest BCUT2D eigenvalue weighted by atomic mass is 32.1. The van der Waals surface area contributed by atoms with E-state index in [1.807, 2.05) is 25.1 Å². The van der Waals surface area contributed by atoms with Gasteiger partial charge in [-0.05, 0) is 81.5 Å². The van der Waals surface area contributed by atoms with Gasteiger partial charge < -0.3 is 20.0 Å². The molecule has 4 aliphatic heterocycles. The highest BCUT2D eigenvalue weighted by Crippen LogP contribution is 2.42. The molecule has 1 unspecified atom stereocenters. The van der Waals surface area contributed by atoms with E-state index >= 15 is 0 Å². The number of likely N-dealkylation sites (tertiary alicyclic amines) is 1. The van der Waals surface area contributed by atoms with Crippen molar-refractivity contribution in [2.45, 2.75) is 70.6 Å². The number of benzene rings is 1. The lowest BCUT2D eigenvalue weighted by Crippen LogP contribution is -2.48. The summed E-state index contributed by atoms with van der Waals surface area (Å²) in [6.45, 7) is 10.3. The number of rotatable bonds is 11. The van der Waals surface area contributed by atoms with Gasteiger partial charge in [0.25, 0.3) is 0 Å². The minimum Gasteiger partial charge on any atom is -0.371 e. The zero-order valence-corrected chi connectivity index (χ0v) is 30.8. The van der Waals surface area contributed by atoms with Crippen molar-refractivity contribution in [3.8, 4) is 0 Å². The third kappa shape index (κ3) is 8.60. The molecular formula is C38H49N9O4S. The first-order chi connectivity index (χ1) is 25.3. The van der Waals surface area contributed by atoms with Crippen LogP contribution >= 0.6 is 11.3 Å². The van der Waals surface area contributed by atoms with Crippen LogP contribution in [0.1, 0.15) is 84.8 Å². The fraction of sp³-hybridized carbons (Fsp3) is 0.553. The Hall–Kier alpha value is -4.43. The van der Waals surface area contributed by atoms with E-state index in [0.29, 0.717) is 52.2 Å². The number of imide groups is 1. The van der Waals surface area contributed by atoms with Crippen molar-refractivity contribution in [3.63, 3.8) is 0 Å². The van der Waals surface area contributed by atoms with Crippen molar-refractivity contribution < 1.29 is 19.2 Å². The standard InChI is InChI=1S/C38H49N9O4S/c1-27-40-32(42-37-39-25-30(26-48)52-37)24-33(41-27)46-22-20-44(21-23-46)15-3-2-4-35(50)47-18-13-38(14-19-47)11-16-45(17-12-38)29-7-5-28(6-8-29)31-9-10-34(49)43-36(31)51/h5-8,24-26,31H,2-4,9-23H2,1H3,(H,43,49,51)(H,39,40,41,42). The summed E-state index contributed by atoms with van der Waals surface area (Å²) in [7, 11) is 0. The average Bonchev–Trinajstić information content (AvgIpc) is 3.61.